The molecule has 0 bridgehead atoms. The molecular formula is C15H16N2O. The monoisotopic (exact) mass is 240 g/mol. The van der Waals surface area contributed by atoms with E-state index in [4.69, 9.17) is 0 Å². The molecule has 1 aromatic heterocycles. The number of hydrogen-bond acceptors (Lipinski definition) is 2. The molecule has 3 nitrogen and oxygen atoms in total. The minimum Gasteiger partial charge on any atom is -0.289 e. The summed E-state index contributed by atoms with van der Waals surface area (Å²) in [6.45, 7) is 4.82. The summed E-state index contributed by atoms with van der Waals surface area (Å²) in [6, 6.07) is 9.47. The molecule has 0 aliphatic carbocycles. The van der Waals surface area contributed by atoms with Gasteiger partial charge in [0.25, 0.3) is 0 Å². The Hall–Kier alpha value is -2.16. The molecule has 0 aliphatic rings. The third kappa shape index (κ3) is 2.74. The van der Waals surface area contributed by atoms with Crippen LogP contribution in [-0.2, 0) is 6.54 Å². The van der Waals surface area contributed by atoms with Crippen LogP contribution < -0.4 is 0 Å². The third-order valence-corrected chi connectivity index (χ3v) is 2.79. The second-order valence-corrected chi connectivity index (χ2v) is 4.14. The molecule has 0 unspecified atom stereocenters. The molecule has 0 saturated carbocycles. The Labute approximate surface area is 107 Å². The predicted octanol–water partition coefficient (Wildman–Crippen LogP) is 3.11. The van der Waals surface area contributed by atoms with E-state index in [9.17, 15) is 4.79 Å². The largest absolute Gasteiger partial charge is 0.289 e. The van der Waals surface area contributed by atoms with Crippen LogP contribution in [0, 0.1) is 6.92 Å². The number of benzene rings is 1. The summed E-state index contributed by atoms with van der Waals surface area (Å²) >= 11 is 0. The molecule has 1 heterocycles. The van der Waals surface area contributed by atoms with E-state index >= 15 is 0 Å². The van der Waals surface area contributed by atoms with Gasteiger partial charge < -0.3 is 0 Å². The highest BCUT2D eigenvalue weighted by molar-refractivity contribution is 6.06. The molecule has 0 atom stereocenters. The van der Waals surface area contributed by atoms with Crippen LogP contribution in [-0.4, -0.2) is 15.6 Å². The fraction of sp³-hybridized carbons (Fsp3) is 0.200. The highest BCUT2D eigenvalue weighted by atomic mass is 16.1. The number of ketones is 1. The van der Waals surface area contributed by atoms with Crippen molar-refractivity contribution in [1.29, 1.82) is 0 Å². The highest BCUT2D eigenvalue weighted by Gasteiger charge is 2.01. The fourth-order valence-corrected chi connectivity index (χ4v) is 1.72. The molecule has 0 fully saturated rings. The Morgan fingerprint density at radius 2 is 2.00 bits per heavy atom. The average Bonchev–Trinajstić information content (AvgIpc) is 2.84. The van der Waals surface area contributed by atoms with Gasteiger partial charge in [0.1, 0.15) is 0 Å². The molecule has 0 saturated heterocycles. The number of carbonyl (C=O) groups excluding carboxylic acids is 1. The lowest BCUT2D eigenvalue weighted by Gasteiger charge is -1.99. The number of hydrogen-bond donors (Lipinski definition) is 0. The van der Waals surface area contributed by atoms with Crippen molar-refractivity contribution in [2.45, 2.75) is 20.4 Å². The lowest BCUT2D eigenvalue weighted by molar-refractivity contribution is 0.104. The average molecular weight is 240 g/mol. The predicted molar refractivity (Wildman–Crippen MR) is 72.4 cm³/mol. The van der Waals surface area contributed by atoms with Crippen LogP contribution in [0.2, 0.25) is 0 Å². The second kappa shape index (κ2) is 5.45. The summed E-state index contributed by atoms with van der Waals surface area (Å²) in [6.07, 6.45) is 5.13. The van der Waals surface area contributed by atoms with Crippen LogP contribution in [0.1, 0.15) is 28.5 Å². The van der Waals surface area contributed by atoms with Gasteiger partial charge in [-0.05, 0) is 32.1 Å². The van der Waals surface area contributed by atoms with Crippen LogP contribution in [0.5, 0.6) is 0 Å². The van der Waals surface area contributed by atoms with Crippen LogP contribution in [0.4, 0.5) is 0 Å². The zero-order valence-electron chi connectivity index (χ0n) is 10.6. The molecule has 0 N–H and O–H groups in total. The Kier molecular flexibility index (Phi) is 3.72. The van der Waals surface area contributed by atoms with Crippen molar-refractivity contribution >= 4 is 11.9 Å². The molecular weight excluding hydrogens is 224 g/mol. The van der Waals surface area contributed by atoms with Crippen molar-refractivity contribution in [3.63, 3.8) is 0 Å². The van der Waals surface area contributed by atoms with Gasteiger partial charge in [-0.3, -0.25) is 9.48 Å². The van der Waals surface area contributed by atoms with Gasteiger partial charge in [-0.2, -0.15) is 5.10 Å². The molecule has 3 heteroatoms. The molecule has 0 aliphatic heterocycles. The number of rotatable bonds is 4. The molecule has 0 amide bonds. The summed E-state index contributed by atoms with van der Waals surface area (Å²) in [7, 11) is 0. The number of aromatic nitrogens is 2. The summed E-state index contributed by atoms with van der Waals surface area (Å²) in [5, 5.41) is 4.15. The molecule has 1 aromatic carbocycles. The van der Waals surface area contributed by atoms with E-state index in [-0.39, 0.29) is 5.78 Å². The van der Waals surface area contributed by atoms with Crippen molar-refractivity contribution in [3.8, 4) is 0 Å². The van der Waals surface area contributed by atoms with E-state index in [1.807, 2.05) is 48.9 Å². The molecule has 2 rings (SSSR count). The maximum atomic E-state index is 11.9. The Morgan fingerprint density at radius 1 is 1.28 bits per heavy atom. The fourth-order valence-electron chi connectivity index (χ4n) is 1.72. The normalized spacial score (nSPS) is 11.0. The zero-order chi connectivity index (χ0) is 13.0. The van der Waals surface area contributed by atoms with Crippen LogP contribution in [0.15, 0.2) is 42.6 Å². The van der Waals surface area contributed by atoms with E-state index in [0.29, 0.717) is 5.56 Å². The first-order valence-electron chi connectivity index (χ1n) is 6.01. The van der Waals surface area contributed by atoms with E-state index in [1.165, 1.54) is 0 Å². The number of aryl methyl sites for hydroxylation is 2. The Morgan fingerprint density at radius 3 is 2.67 bits per heavy atom. The van der Waals surface area contributed by atoms with E-state index in [2.05, 4.69) is 5.10 Å². The maximum Gasteiger partial charge on any atom is 0.185 e. The first kappa shape index (κ1) is 12.3. The molecule has 2 aromatic rings. The van der Waals surface area contributed by atoms with Crippen LogP contribution in [0.25, 0.3) is 6.08 Å². The van der Waals surface area contributed by atoms with Gasteiger partial charge in [-0.25, -0.2) is 0 Å². The van der Waals surface area contributed by atoms with Crippen molar-refractivity contribution < 1.29 is 4.79 Å². The summed E-state index contributed by atoms with van der Waals surface area (Å²) in [4.78, 5) is 11.9. The summed E-state index contributed by atoms with van der Waals surface area (Å²) in [5.41, 5.74) is 2.80. The summed E-state index contributed by atoms with van der Waals surface area (Å²) < 4.78 is 1.85. The van der Waals surface area contributed by atoms with Gasteiger partial charge in [-0.1, -0.05) is 29.8 Å². The van der Waals surface area contributed by atoms with Gasteiger partial charge in [0.15, 0.2) is 5.78 Å². The topological polar surface area (TPSA) is 34.9 Å². The summed E-state index contributed by atoms with van der Waals surface area (Å²) in [5.74, 6) is 0.0128. The highest BCUT2D eigenvalue weighted by Crippen LogP contribution is 2.07. The lowest BCUT2D eigenvalue weighted by atomic mass is 10.1. The first-order chi connectivity index (χ1) is 8.70. The lowest BCUT2D eigenvalue weighted by Crippen LogP contribution is -1.99. The van der Waals surface area contributed by atoms with E-state index < -0.39 is 0 Å². The van der Waals surface area contributed by atoms with Crippen molar-refractivity contribution in [1.82, 2.24) is 9.78 Å². The standard InChI is InChI=1S/C15H16N2O/c1-3-17-14(10-11-16-17)8-9-15(18)13-6-4-12(2)5-7-13/h4-11H,3H2,1-2H3/b9-8+. The third-order valence-electron chi connectivity index (χ3n) is 2.79. The maximum absolute atomic E-state index is 11.9. The van der Waals surface area contributed by atoms with Crippen LogP contribution in [0.3, 0.4) is 0 Å². The van der Waals surface area contributed by atoms with E-state index in [0.717, 1.165) is 17.8 Å². The zero-order valence-corrected chi connectivity index (χ0v) is 10.6. The first-order valence-corrected chi connectivity index (χ1v) is 6.01. The molecule has 18 heavy (non-hydrogen) atoms. The molecule has 0 radical (unpaired) electrons. The van der Waals surface area contributed by atoms with Gasteiger partial charge in [0.2, 0.25) is 0 Å². The van der Waals surface area contributed by atoms with Crippen molar-refractivity contribution in [2.75, 3.05) is 0 Å². The van der Waals surface area contributed by atoms with Crippen molar-refractivity contribution in [2.24, 2.45) is 0 Å². The van der Waals surface area contributed by atoms with Gasteiger partial charge in [-0.15, -0.1) is 0 Å². The molecule has 0 spiro atoms. The Balaban J connectivity index is 2.14. The minimum atomic E-state index is 0.0128. The van der Waals surface area contributed by atoms with Crippen LogP contribution >= 0.6 is 0 Å². The quantitative estimate of drug-likeness (QED) is 0.608. The van der Waals surface area contributed by atoms with Gasteiger partial charge >= 0.3 is 0 Å². The Bertz CT molecular complexity index is 564. The number of allylic oxidation sites excluding steroid dienone is 1. The van der Waals surface area contributed by atoms with Gasteiger partial charge in [0.05, 0.1) is 5.69 Å². The minimum absolute atomic E-state index is 0.0128. The molecule has 92 valence electrons. The van der Waals surface area contributed by atoms with E-state index in [1.54, 1.807) is 18.3 Å². The second-order valence-electron chi connectivity index (χ2n) is 4.14. The van der Waals surface area contributed by atoms with Crippen molar-refractivity contribution in [3.05, 3.63) is 59.4 Å². The SMILES string of the molecule is CCn1nccc1/C=C/C(=O)c1ccc(C)cc1. The number of nitrogens with zero attached hydrogens (tertiary/aromatic N) is 2. The van der Waals surface area contributed by atoms with Gasteiger partial charge in [0, 0.05) is 18.3 Å². The number of carbonyl (C=O) groups is 1. The smallest absolute Gasteiger partial charge is 0.185 e.